The zero-order valence-electron chi connectivity index (χ0n) is 11.5. The van der Waals surface area contributed by atoms with Gasteiger partial charge in [-0.15, -0.1) is 0 Å². The van der Waals surface area contributed by atoms with Crippen molar-refractivity contribution in [1.82, 2.24) is 0 Å². The molecule has 2 aromatic rings. The summed E-state index contributed by atoms with van der Waals surface area (Å²) in [4.78, 5) is 0. The summed E-state index contributed by atoms with van der Waals surface area (Å²) < 4.78 is 0. The van der Waals surface area contributed by atoms with E-state index in [0.29, 0.717) is 11.8 Å². The Morgan fingerprint density at radius 1 is 0.737 bits per heavy atom. The highest BCUT2D eigenvalue weighted by molar-refractivity contribution is 5.59. The maximum atomic E-state index is 2.33. The summed E-state index contributed by atoms with van der Waals surface area (Å²) in [6.07, 6.45) is 1.18. The van der Waals surface area contributed by atoms with E-state index in [4.69, 9.17) is 0 Å². The summed E-state index contributed by atoms with van der Waals surface area (Å²) in [5.74, 6) is 1.03. The van der Waals surface area contributed by atoms with Gasteiger partial charge in [-0.3, -0.25) is 0 Å². The topological polar surface area (TPSA) is 0 Å². The Bertz CT molecular complexity index is 643. The lowest BCUT2D eigenvalue weighted by molar-refractivity contribution is 0.765. The van der Waals surface area contributed by atoms with Gasteiger partial charge in [-0.2, -0.15) is 0 Å². The summed E-state index contributed by atoms with van der Waals surface area (Å²) in [5, 5.41) is 0. The molecule has 0 fully saturated rings. The molecule has 0 saturated heterocycles. The van der Waals surface area contributed by atoms with Gasteiger partial charge in [0, 0.05) is 11.8 Å². The van der Waals surface area contributed by atoms with Crippen molar-refractivity contribution in [3.63, 3.8) is 0 Å². The van der Waals surface area contributed by atoms with Gasteiger partial charge in [-0.25, -0.2) is 0 Å². The van der Waals surface area contributed by atoms with E-state index in [9.17, 15) is 0 Å². The second-order valence-corrected chi connectivity index (χ2v) is 5.91. The molecule has 0 amide bonds. The molecule has 0 atom stereocenters. The first-order valence-corrected chi connectivity index (χ1v) is 7.11. The van der Waals surface area contributed by atoms with Crippen LogP contribution in [0.15, 0.2) is 59.7 Å². The standard InChI is InChI=1S/C19H18/c1-12-11-18-14-7-3-5-9-16(14)19(13(12)2)17-10-6-4-8-15(17)18/h3-10,18-19H,11H2,1-2H3. The molecule has 19 heavy (non-hydrogen) atoms. The predicted octanol–water partition coefficient (Wildman–Crippen LogP) is 5.00. The Kier molecular flexibility index (Phi) is 2.23. The van der Waals surface area contributed by atoms with E-state index in [0.717, 1.165) is 0 Å². The van der Waals surface area contributed by atoms with Crippen LogP contribution in [0.2, 0.25) is 0 Å². The van der Waals surface area contributed by atoms with Gasteiger partial charge >= 0.3 is 0 Å². The normalized spacial score (nSPS) is 23.9. The fourth-order valence-corrected chi connectivity index (χ4v) is 3.92. The highest BCUT2D eigenvalue weighted by Gasteiger charge is 2.36. The average Bonchev–Trinajstić information content (AvgIpc) is 2.63. The lowest BCUT2D eigenvalue weighted by atomic mass is 9.72. The first-order valence-electron chi connectivity index (χ1n) is 7.11. The fraction of sp³-hybridized carbons (Fsp3) is 0.263. The number of hydrogen-bond donors (Lipinski definition) is 0. The summed E-state index contributed by atoms with van der Waals surface area (Å²) in [5.41, 5.74) is 9.27. The van der Waals surface area contributed by atoms with Crippen molar-refractivity contribution >= 4 is 0 Å². The quantitative estimate of drug-likeness (QED) is 0.573. The number of allylic oxidation sites excluding steroid dienone is 2. The maximum Gasteiger partial charge on any atom is 0.0304 e. The van der Waals surface area contributed by atoms with Crippen molar-refractivity contribution in [2.75, 3.05) is 0 Å². The number of hydrogen-bond acceptors (Lipinski definition) is 0. The zero-order valence-corrected chi connectivity index (χ0v) is 11.5. The van der Waals surface area contributed by atoms with Gasteiger partial charge in [0.2, 0.25) is 0 Å². The minimum atomic E-state index is 0.478. The third-order valence-electron chi connectivity index (χ3n) is 4.98. The molecular formula is C19H18. The molecule has 0 aromatic heterocycles. The van der Waals surface area contributed by atoms with Gasteiger partial charge in [0.05, 0.1) is 0 Å². The number of fused-ring (bicyclic) bond motifs is 1. The highest BCUT2D eigenvalue weighted by Crippen LogP contribution is 2.52. The van der Waals surface area contributed by atoms with E-state index >= 15 is 0 Å². The van der Waals surface area contributed by atoms with E-state index in [1.165, 1.54) is 17.5 Å². The second-order valence-electron chi connectivity index (χ2n) is 5.91. The lowest BCUT2D eigenvalue weighted by Gasteiger charge is -2.31. The van der Waals surface area contributed by atoms with Crippen LogP contribution < -0.4 is 0 Å². The van der Waals surface area contributed by atoms with Crippen LogP contribution in [0.3, 0.4) is 0 Å². The van der Waals surface area contributed by atoms with Gasteiger partial charge < -0.3 is 0 Å². The molecule has 0 unspecified atom stereocenters. The summed E-state index contributed by atoms with van der Waals surface area (Å²) in [7, 11) is 0. The van der Waals surface area contributed by atoms with Crippen LogP contribution in [0.1, 0.15) is 54.4 Å². The Morgan fingerprint density at radius 2 is 1.21 bits per heavy atom. The molecule has 0 aliphatic heterocycles. The van der Waals surface area contributed by atoms with Crippen LogP contribution >= 0.6 is 0 Å². The summed E-state index contributed by atoms with van der Waals surface area (Å²) >= 11 is 0. The van der Waals surface area contributed by atoms with Crippen molar-refractivity contribution in [2.24, 2.45) is 0 Å². The molecule has 94 valence electrons. The van der Waals surface area contributed by atoms with E-state index in [-0.39, 0.29) is 0 Å². The minimum Gasteiger partial charge on any atom is -0.0725 e. The van der Waals surface area contributed by atoms with Crippen molar-refractivity contribution in [3.8, 4) is 0 Å². The maximum absolute atomic E-state index is 2.33. The summed E-state index contributed by atoms with van der Waals surface area (Å²) in [6, 6.07) is 18.1. The Labute approximate surface area is 114 Å². The van der Waals surface area contributed by atoms with Crippen LogP contribution in [0.4, 0.5) is 0 Å². The van der Waals surface area contributed by atoms with Crippen LogP contribution in [0.5, 0.6) is 0 Å². The van der Waals surface area contributed by atoms with Gasteiger partial charge in [0.25, 0.3) is 0 Å². The van der Waals surface area contributed by atoms with Crippen LogP contribution in [0, 0.1) is 0 Å². The molecular weight excluding hydrogens is 228 g/mol. The van der Waals surface area contributed by atoms with Crippen molar-refractivity contribution < 1.29 is 0 Å². The van der Waals surface area contributed by atoms with Gasteiger partial charge in [-0.1, -0.05) is 59.7 Å². The third-order valence-corrected chi connectivity index (χ3v) is 4.98. The monoisotopic (exact) mass is 246 g/mol. The summed E-state index contributed by atoms with van der Waals surface area (Å²) in [6.45, 7) is 4.63. The number of rotatable bonds is 0. The van der Waals surface area contributed by atoms with Crippen molar-refractivity contribution in [1.29, 1.82) is 0 Å². The molecule has 0 radical (unpaired) electrons. The molecule has 2 aromatic carbocycles. The smallest absolute Gasteiger partial charge is 0.0304 e. The first kappa shape index (κ1) is 11.0. The lowest BCUT2D eigenvalue weighted by Crippen LogP contribution is -2.15. The zero-order chi connectivity index (χ0) is 13.0. The van der Waals surface area contributed by atoms with Crippen LogP contribution in [-0.2, 0) is 0 Å². The molecule has 0 N–H and O–H groups in total. The van der Waals surface area contributed by atoms with E-state index in [1.807, 2.05) is 0 Å². The largest absolute Gasteiger partial charge is 0.0725 e. The SMILES string of the molecule is CC1=C(C)C2c3ccccc3C(C1)c1ccccc12. The average molecular weight is 246 g/mol. The molecule has 2 bridgehead atoms. The molecule has 3 aliphatic rings. The Morgan fingerprint density at radius 3 is 1.74 bits per heavy atom. The molecule has 0 saturated carbocycles. The van der Waals surface area contributed by atoms with Crippen LogP contribution in [-0.4, -0.2) is 0 Å². The van der Waals surface area contributed by atoms with E-state index < -0.39 is 0 Å². The molecule has 5 rings (SSSR count). The third kappa shape index (κ3) is 1.40. The second kappa shape index (κ2) is 3.84. The molecule has 0 nitrogen and oxygen atoms in total. The molecule has 0 heterocycles. The number of benzene rings is 2. The van der Waals surface area contributed by atoms with Crippen molar-refractivity contribution in [2.45, 2.75) is 32.1 Å². The van der Waals surface area contributed by atoms with Crippen LogP contribution in [0.25, 0.3) is 0 Å². The Hall–Kier alpha value is -1.82. The van der Waals surface area contributed by atoms with E-state index in [2.05, 4.69) is 62.4 Å². The highest BCUT2D eigenvalue weighted by atomic mass is 14.4. The molecule has 0 spiro atoms. The molecule has 3 aliphatic carbocycles. The van der Waals surface area contributed by atoms with Gasteiger partial charge in [0.15, 0.2) is 0 Å². The minimum absolute atomic E-state index is 0.478. The molecule has 0 heteroatoms. The predicted molar refractivity (Wildman–Crippen MR) is 79.6 cm³/mol. The first-order chi connectivity index (χ1) is 9.27. The van der Waals surface area contributed by atoms with Gasteiger partial charge in [-0.05, 0) is 42.5 Å². The van der Waals surface area contributed by atoms with Gasteiger partial charge in [0.1, 0.15) is 0 Å². The Balaban J connectivity index is 2.09. The van der Waals surface area contributed by atoms with E-state index in [1.54, 1.807) is 22.3 Å². The van der Waals surface area contributed by atoms with Crippen molar-refractivity contribution in [3.05, 3.63) is 81.9 Å². The fourth-order valence-electron chi connectivity index (χ4n) is 3.92.